The van der Waals surface area contributed by atoms with Gasteiger partial charge in [0.25, 0.3) is 0 Å². The fourth-order valence-corrected chi connectivity index (χ4v) is 2.31. The largest absolute Gasteiger partial charge is 0.375 e. The van der Waals surface area contributed by atoms with Gasteiger partial charge in [-0.25, -0.2) is 9.37 Å². The summed E-state index contributed by atoms with van der Waals surface area (Å²) in [6, 6.07) is 4.27. The van der Waals surface area contributed by atoms with Gasteiger partial charge in [-0.3, -0.25) is 4.79 Å². The van der Waals surface area contributed by atoms with Gasteiger partial charge in [0.1, 0.15) is 11.6 Å². The van der Waals surface area contributed by atoms with Crippen LogP contribution in [0.25, 0.3) is 0 Å². The molecule has 1 heterocycles. The number of nitrogens with zero attached hydrogens (tertiary/aromatic N) is 1. The Bertz CT molecular complexity index is 585. The molecule has 0 unspecified atom stereocenters. The third-order valence-electron chi connectivity index (χ3n) is 2.33. The standard InChI is InChI=1S/C12H10ClFN2OS/c13-10-4-7(1-2-11(10)14)3-9(17)5-8-6-18-12(15)16-8/h1-2,4,6H,3,5H2,(H2,15,16). The van der Waals surface area contributed by atoms with E-state index in [9.17, 15) is 9.18 Å². The molecule has 0 aliphatic carbocycles. The first-order valence-corrected chi connectivity index (χ1v) is 6.46. The van der Waals surface area contributed by atoms with Crippen molar-refractivity contribution in [2.24, 2.45) is 0 Å². The molecule has 2 aromatic rings. The first kappa shape index (κ1) is 13.0. The molecule has 0 amide bonds. The van der Waals surface area contributed by atoms with Crippen LogP contribution in [-0.4, -0.2) is 10.8 Å². The van der Waals surface area contributed by atoms with Crippen molar-refractivity contribution in [3.63, 3.8) is 0 Å². The topological polar surface area (TPSA) is 56.0 Å². The lowest BCUT2D eigenvalue weighted by atomic mass is 10.1. The van der Waals surface area contributed by atoms with Crippen LogP contribution in [0.15, 0.2) is 23.6 Å². The predicted molar refractivity (Wildman–Crippen MR) is 70.4 cm³/mol. The van der Waals surface area contributed by atoms with Crippen LogP contribution in [0.4, 0.5) is 9.52 Å². The summed E-state index contributed by atoms with van der Waals surface area (Å²) in [6.07, 6.45) is 0.431. The molecule has 0 spiro atoms. The van der Waals surface area contributed by atoms with Crippen molar-refractivity contribution in [3.8, 4) is 0 Å². The van der Waals surface area contributed by atoms with Crippen LogP contribution >= 0.6 is 22.9 Å². The Morgan fingerprint density at radius 3 is 2.83 bits per heavy atom. The number of aromatic nitrogens is 1. The van der Waals surface area contributed by atoms with Gasteiger partial charge in [0.05, 0.1) is 10.7 Å². The second-order valence-electron chi connectivity index (χ2n) is 3.82. The number of Topliss-reactive ketones (excluding diaryl/α,β-unsaturated/α-hetero) is 1. The smallest absolute Gasteiger partial charge is 0.180 e. The summed E-state index contributed by atoms with van der Waals surface area (Å²) in [6.45, 7) is 0. The Balaban J connectivity index is 2.00. The minimum absolute atomic E-state index is 0.0111. The van der Waals surface area contributed by atoms with Crippen molar-refractivity contribution in [1.82, 2.24) is 4.98 Å². The molecule has 0 saturated heterocycles. The van der Waals surface area contributed by atoms with Crippen molar-refractivity contribution in [2.45, 2.75) is 12.8 Å². The number of anilines is 1. The second-order valence-corrected chi connectivity index (χ2v) is 5.11. The molecule has 3 nitrogen and oxygen atoms in total. The van der Waals surface area contributed by atoms with E-state index >= 15 is 0 Å². The number of halogens is 2. The first-order valence-electron chi connectivity index (χ1n) is 5.20. The molecule has 0 bridgehead atoms. The van der Waals surface area contributed by atoms with E-state index in [-0.39, 0.29) is 23.6 Å². The van der Waals surface area contributed by atoms with E-state index in [1.54, 1.807) is 11.4 Å². The fraction of sp³-hybridized carbons (Fsp3) is 0.167. The summed E-state index contributed by atoms with van der Waals surface area (Å²) in [5, 5.41) is 2.23. The van der Waals surface area contributed by atoms with Gasteiger partial charge in [-0.05, 0) is 17.7 Å². The predicted octanol–water partition coefficient (Wildman–Crippen LogP) is 2.87. The van der Waals surface area contributed by atoms with E-state index in [1.165, 1.54) is 23.5 Å². The molecule has 1 aromatic heterocycles. The lowest BCUT2D eigenvalue weighted by Crippen LogP contribution is -2.07. The number of ketones is 1. The molecule has 0 aliphatic heterocycles. The van der Waals surface area contributed by atoms with Crippen LogP contribution < -0.4 is 5.73 Å². The van der Waals surface area contributed by atoms with E-state index in [0.29, 0.717) is 16.4 Å². The van der Waals surface area contributed by atoms with E-state index in [0.717, 1.165) is 0 Å². The Kier molecular flexibility index (Phi) is 3.93. The second kappa shape index (κ2) is 5.46. The molecule has 1 aromatic carbocycles. The summed E-state index contributed by atoms with van der Waals surface area (Å²) < 4.78 is 12.9. The fourth-order valence-electron chi connectivity index (χ4n) is 1.55. The third-order valence-corrected chi connectivity index (χ3v) is 3.35. The van der Waals surface area contributed by atoms with E-state index in [4.69, 9.17) is 17.3 Å². The molecule has 0 aliphatic rings. The zero-order valence-corrected chi connectivity index (χ0v) is 10.9. The molecule has 2 rings (SSSR count). The molecule has 6 heteroatoms. The number of thiazole rings is 1. The highest BCUT2D eigenvalue weighted by molar-refractivity contribution is 7.13. The Morgan fingerprint density at radius 2 is 2.22 bits per heavy atom. The lowest BCUT2D eigenvalue weighted by Gasteiger charge is -2.01. The van der Waals surface area contributed by atoms with Crippen LogP contribution in [0.2, 0.25) is 5.02 Å². The van der Waals surface area contributed by atoms with Gasteiger partial charge in [0, 0.05) is 18.2 Å². The van der Waals surface area contributed by atoms with Gasteiger partial charge < -0.3 is 5.73 Å². The van der Waals surface area contributed by atoms with Crippen LogP contribution in [0, 0.1) is 5.82 Å². The number of hydrogen-bond acceptors (Lipinski definition) is 4. The van der Waals surface area contributed by atoms with Crippen molar-refractivity contribution in [2.75, 3.05) is 5.73 Å². The number of carbonyl (C=O) groups excluding carboxylic acids is 1. The summed E-state index contributed by atoms with van der Waals surface area (Å²) in [5.74, 6) is -0.497. The number of benzene rings is 1. The number of carbonyl (C=O) groups is 1. The van der Waals surface area contributed by atoms with Crippen molar-refractivity contribution in [1.29, 1.82) is 0 Å². The van der Waals surface area contributed by atoms with Crippen LogP contribution in [0.5, 0.6) is 0 Å². The molecule has 18 heavy (non-hydrogen) atoms. The summed E-state index contributed by atoms with van der Waals surface area (Å²) in [7, 11) is 0. The normalized spacial score (nSPS) is 10.6. The highest BCUT2D eigenvalue weighted by Gasteiger charge is 2.09. The SMILES string of the molecule is Nc1nc(CC(=O)Cc2ccc(F)c(Cl)c2)cs1. The van der Waals surface area contributed by atoms with Gasteiger partial charge in [-0.1, -0.05) is 17.7 Å². The third kappa shape index (κ3) is 3.27. The van der Waals surface area contributed by atoms with Crippen LogP contribution in [0.3, 0.4) is 0 Å². The molecule has 94 valence electrons. The van der Waals surface area contributed by atoms with Gasteiger partial charge in [0.2, 0.25) is 0 Å². The van der Waals surface area contributed by atoms with Crippen LogP contribution in [-0.2, 0) is 17.6 Å². The van der Waals surface area contributed by atoms with E-state index < -0.39 is 5.82 Å². The summed E-state index contributed by atoms with van der Waals surface area (Å²) >= 11 is 6.95. The Labute approximate surface area is 112 Å². The molecular weight excluding hydrogens is 275 g/mol. The summed E-state index contributed by atoms with van der Waals surface area (Å²) in [4.78, 5) is 15.8. The number of nitrogen functional groups attached to an aromatic ring is 1. The quantitative estimate of drug-likeness (QED) is 0.939. The molecule has 0 atom stereocenters. The van der Waals surface area contributed by atoms with Gasteiger partial charge in [-0.15, -0.1) is 11.3 Å². The maximum Gasteiger partial charge on any atom is 0.180 e. The summed E-state index contributed by atoms with van der Waals surface area (Å²) in [5.41, 5.74) is 6.83. The zero-order valence-electron chi connectivity index (χ0n) is 9.32. The van der Waals surface area contributed by atoms with Gasteiger partial charge >= 0.3 is 0 Å². The maximum absolute atomic E-state index is 12.9. The average Bonchev–Trinajstić information content (AvgIpc) is 2.69. The number of hydrogen-bond donors (Lipinski definition) is 1. The Morgan fingerprint density at radius 1 is 1.44 bits per heavy atom. The zero-order chi connectivity index (χ0) is 13.1. The van der Waals surface area contributed by atoms with Crippen molar-refractivity contribution >= 4 is 33.9 Å². The lowest BCUT2D eigenvalue weighted by molar-refractivity contribution is -0.117. The number of rotatable bonds is 4. The monoisotopic (exact) mass is 284 g/mol. The Hall–Kier alpha value is -1.46. The highest BCUT2D eigenvalue weighted by Crippen LogP contribution is 2.17. The number of nitrogens with two attached hydrogens (primary N) is 1. The highest BCUT2D eigenvalue weighted by atomic mass is 35.5. The van der Waals surface area contributed by atoms with Crippen LogP contribution in [0.1, 0.15) is 11.3 Å². The molecule has 0 radical (unpaired) electrons. The van der Waals surface area contributed by atoms with E-state index in [1.807, 2.05) is 0 Å². The van der Waals surface area contributed by atoms with Crippen molar-refractivity contribution in [3.05, 3.63) is 45.7 Å². The minimum Gasteiger partial charge on any atom is -0.375 e. The minimum atomic E-state index is -0.486. The molecule has 0 fully saturated rings. The van der Waals surface area contributed by atoms with Gasteiger partial charge in [-0.2, -0.15) is 0 Å². The van der Waals surface area contributed by atoms with Gasteiger partial charge in [0.15, 0.2) is 5.13 Å². The average molecular weight is 285 g/mol. The molecule has 2 N–H and O–H groups in total. The maximum atomic E-state index is 12.9. The first-order chi connectivity index (χ1) is 8.54. The van der Waals surface area contributed by atoms with E-state index in [2.05, 4.69) is 4.98 Å². The van der Waals surface area contributed by atoms with Crippen molar-refractivity contribution < 1.29 is 9.18 Å². The molecule has 0 saturated carbocycles. The molecular formula is C12H10ClFN2OS.